The molecule has 0 saturated carbocycles. The summed E-state index contributed by atoms with van der Waals surface area (Å²) in [4.78, 5) is 13.7. The molecule has 1 saturated heterocycles. The highest BCUT2D eigenvalue weighted by atomic mass is 79.9. The maximum Gasteiger partial charge on any atom is 0.239 e. The Morgan fingerprint density at radius 1 is 1.69 bits per heavy atom. The van der Waals surface area contributed by atoms with Gasteiger partial charge in [-0.15, -0.1) is 0 Å². The van der Waals surface area contributed by atoms with Crippen LogP contribution in [0.1, 0.15) is 18.6 Å². The van der Waals surface area contributed by atoms with Gasteiger partial charge in [0.25, 0.3) is 0 Å². The highest BCUT2D eigenvalue weighted by Crippen LogP contribution is 2.16. The molecule has 0 radical (unpaired) electrons. The molecule has 88 valence electrons. The second-order valence-electron chi connectivity index (χ2n) is 4.05. The van der Waals surface area contributed by atoms with Gasteiger partial charge in [-0.2, -0.15) is 0 Å². The van der Waals surface area contributed by atoms with Crippen molar-refractivity contribution in [1.82, 2.24) is 10.2 Å². The fourth-order valence-corrected chi connectivity index (χ4v) is 2.25. The van der Waals surface area contributed by atoms with E-state index >= 15 is 0 Å². The summed E-state index contributed by atoms with van der Waals surface area (Å²) >= 11 is 3.24. The molecule has 1 aromatic heterocycles. The van der Waals surface area contributed by atoms with Crippen molar-refractivity contribution in [2.45, 2.75) is 25.4 Å². The van der Waals surface area contributed by atoms with Crippen molar-refractivity contribution in [3.05, 3.63) is 22.6 Å². The van der Waals surface area contributed by atoms with E-state index in [2.05, 4.69) is 21.2 Å². The lowest BCUT2D eigenvalue weighted by Gasteiger charge is -2.19. The fourth-order valence-electron chi connectivity index (χ4n) is 1.91. The maximum absolute atomic E-state index is 12.0. The van der Waals surface area contributed by atoms with E-state index in [4.69, 9.17) is 4.42 Å². The Kier molecular flexibility index (Phi) is 3.66. The Morgan fingerprint density at radius 2 is 2.50 bits per heavy atom. The van der Waals surface area contributed by atoms with E-state index in [0.29, 0.717) is 11.2 Å². The van der Waals surface area contributed by atoms with Gasteiger partial charge in [-0.1, -0.05) is 0 Å². The Balaban J connectivity index is 1.91. The van der Waals surface area contributed by atoms with Crippen LogP contribution < -0.4 is 5.32 Å². The van der Waals surface area contributed by atoms with Crippen molar-refractivity contribution < 1.29 is 9.21 Å². The summed E-state index contributed by atoms with van der Waals surface area (Å²) in [6.07, 6.45) is 2.02. The highest BCUT2D eigenvalue weighted by molar-refractivity contribution is 9.10. The highest BCUT2D eigenvalue weighted by Gasteiger charge is 2.25. The normalized spacial score (nSPS) is 20.0. The van der Waals surface area contributed by atoms with Gasteiger partial charge in [0.2, 0.25) is 5.91 Å². The first-order valence-electron chi connectivity index (χ1n) is 5.39. The van der Waals surface area contributed by atoms with Gasteiger partial charge in [0.05, 0.1) is 12.6 Å². The number of rotatable bonds is 3. The minimum Gasteiger partial charge on any atom is -0.452 e. The lowest BCUT2D eigenvalue weighted by molar-refractivity contribution is -0.132. The summed E-state index contributed by atoms with van der Waals surface area (Å²) in [5.74, 6) is 0.936. The summed E-state index contributed by atoms with van der Waals surface area (Å²) in [5.41, 5.74) is 0. The first-order valence-corrected chi connectivity index (χ1v) is 6.18. The van der Waals surface area contributed by atoms with Crippen LogP contribution in [0.2, 0.25) is 0 Å². The Bertz CT molecular complexity index is 372. The van der Waals surface area contributed by atoms with Gasteiger partial charge in [-0.25, -0.2) is 0 Å². The number of halogens is 1. The third-order valence-corrected chi connectivity index (χ3v) is 3.18. The van der Waals surface area contributed by atoms with Gasteiger partial charge in [-0.3, -0.25) is 4.79 Å². The molecule has 1 aromatic rings. The van der Waals surface area contributed by atoms with Crippen LogP contribution in [0, 0.1) is 0 Å². The summed E-state index contributed by atoms with van der Waals surface area (Å²) in [7, 11) is 1.80. The third kappa shape index (κ3) is 2.65. The second-order valence-corrected chi connectivity index (χ2v) is 4.83. The molecule has 1 aliphatic rings. The van der Waals surface area contributed by atoms with Crippen LogP contribution in [0.4, 0.5) is 0 Å². The molecule has 2 rings (SSSR count). The minimum atomic E-state index is -0.0107. The minimum absolute atomic E-state index is 0.0107. The molecule has 0 bridgehead atoms. The summed E-state index contributed by atoms with van der Waals surface area (Å²) in [6.45, 7) is 1.46. The summed E-state index contributed by atoms with van der Waals surface area (Å²) < 4.78 is 6.07. The number of hydrogen-bond acceptors (Lipinski definition) is 3. The quantitative estimate of drug-likeness (QED) is 0.921. The molecule has 1 atom stereocenters. The van der Waals surface area contributed by atoms with Crippen LogP contribution in [-0.2, 0) is 11.3 Å². The Labute approximate surface area is 103 Å². The van der Waals surface area contributed by atoms with E-state index in [1.807, 2.05) is 12.1 Å². The smallest absolute Gasteiger partial charge is 0.239 e. The molecule has 1 amide bonds. The van der Waals surface area contributed by atoms with E-state index in [9.17, 15) is 4.79 Å². The van der Waals surface area contributed by atoms with Crippen molar-refractivity contribution in [3.63, 3.8) is 0 Å². The molecular formula is C11H15BrN2O2. The van der Waals surface area contributed by atoms with Crippen LogP contribution in [0.3, 0.4) is 0 Å². The van der Waals surface area contributed by atoms with Gasteiger partial charge in [0, 0.05) is 7.05 Å². The number of likely N-dealkylation sites (N-methyl/N-ethyl adjacent to an activating group) is 1. The zero-order valence-electron chi connectivity index (χ0n) is 9.20. The molecule has 0 aliphatic carbocycles. The van der Waals surface area contributed by atoms with Crippen molar-refractivity contribution in [2.24, 2.45) is 0 Å². The first kappa shape index (κ1) is 11.7. The van der Waals surface area contributed by atoms with Gasteiger partial charge in [0.1, 0.15) is 5.76 Å². The largest absolute Gasteiger partial charge is 0.452 e. The molecule has 0 unspecified atom stereocenters. The third-order valence-electron chi connectivity index (χ3n) is 2.76. The average Bonchev–Trinajstić information content (AvgIpc) is 2.88. The van der Waals surface area contributed by atoms with Gasteiger partial charge in [0.15, 0.2) is 4.67 Å². The molecule has 5 heteroatoms. The predicted molar refractivity (Wildman–Crippen MR) is 63.9 cm³/mol. The number of nitrogens with zero attached hydrogens (tertiary/aromatic N) is 1. The lowest BCUT2D eigenvalue weighted by Crippen LogP contribution is -2.41. The van der Waals surface area contributed by atoms with Crippen molar-refractivity contribution in [3.8, 4) is 0 Å². The van der Waals surface area contributed by atoms with Crippen LogP contribution in [0.5, 0.6) is 0 Å². The zero-order valence-corrected chi connectivity index (χ0v) is 10.8. The molecule has 0 aromatic carbocycles. The van der Waals surface area contributed by atoms with Crippen LogP contribution in [-0.4, -0.2) is 30.4 Å². The van der Waals surface area contributed by atoms with Gasteiger partial charge < -0.3 is 14.6 Å². The van der Waals surface area contributed by atoms with E-state index in [0.717, 1.165) is 25.1 Å². The SMILES string of the molecule is CN(Cc1ccc(Br)o1)C(=O)[C@H]1CCCN1. The molecular weight excluding hydrogens is 272 g/mol. The number of furan rings is 1. The first-order chi connectivity index (χ1) is 7.66. The Morgan fingerprint density at radius 3 is 3.06 bits per heavy atom. The van der Waals surface area contributed by atoms with E-state index in [1.165, 1.54) is 0 Å². The molecule has 2 heterocycles. The van der Waals surface area contributed by atoms with E-state index < -0.39 is 0 Å². The van der Waals surface area contributed by atoms with Gasteiger partial charge in [-0.05, 0) is 47.4 Å². The van der Waals surface area contributed by atoms with E-state index in [1.54, 1.807) is 11.9 Å². The molecule has 4 nitrogen and oxygen atoms in total. The van der Waals surface area contributed by atoms with Crippen molar-refractivity contribution in [1.29, 1.82) is 0 Å². The summed E-state index contributed by atoms with van der Waals surface area (Å²) in [6, 6.07) is 3.70. The fraction of sp³-hybridized carbons (Fsp3) is 0.545. The van der Waals surface area contributed by atoms with Crippen molar-refractivity contribution >= 4 is 21.8 Å². The number of carbonyl (C=O) groups is 1. The average molecular weight is 287 g/mol. The van der Waals surface area contributed by atoms with Gasteiger partial charge >= 0.3 is 0 Å². The number of nitrogens with one attached hydrogen (secondary N) is 1. The Hall–Kier alpha value is -0.810. The second kappa shape index (κ2) is 5.01. The zero-order chi connectivity index (χ0) is 11.5. The molecule has 1 N–H and O–H groups in total. The molecule has 16 heavy (non-hydrogen) atoms. The topological polar surface area (TPSA) is 45.5 Å². The lowest BCUT2D eigenvalue weighted by atomic mass is 10.2. The van der Waals surface area contributed by atoms with Crippen LogP contribution in [0.25, 0.3) is 0 Å². The standard InChI is InChI=1S/C11H15BrN2O2/c1-14(7-8-4-5-10(12)16-8)11(15)9-3-2-6-13-9/h4-5,9,13H,2-3,6-7H2,1H3/t9-/m1/s1. The number of amides is 1. The molecule has 0 spiro atoms. The molecule has 1 aliphatic heterocycles. The van der Waals surface area contributed by atoms with Crippen LogP contribution >= 0.6 is 15.9 Å². The van der Waals surface area contributed by atoms with E-state index in [-0.39, 0.29) is 11.9 Å². The van der Waals surface area contributed by atoms with Crippen LogP contribution in [0.15, 0.2) is 21.2 Å². The number of carbonyl (C=O) groups excluding carboxylic acids is 1. The maximum atomic E-state index is 12.0. The molecule has 1 fully saturated rings. The predicted octanol–water partition coefficient (Wildman–Crippen LogP) is 1.75. The van der Waals surface area contributed by atoms with Crippen molar-refractivity contribution in [2.75, 3.05) is 13.6 Å². The summed E-state index contributed by atoms with van der Waals surface area (Å²) in [5, 5.41) is 3.20. The number of hydrogen-bond donors (Lipinski definition) is 1. The monoisotopic (exact) mass is 286 g/mol.